The topological polar surface area (TPSA) is 31.4 Å². The maximum absolute atomic E-state index is 4.63. The van der Waals surface area contributed by atoms with Gasteiger partial charge in [-0.1, -0.05) is 13.0 Å². The van der Waals surface area contributed by atoms with E-state index in [2.05, 4.69) is 54.0 Å². The fourth-order valence-electron chi connectivity index (χ4n) is 2.67. The lowest BCUT2D eigenvalue weighted by molar-refractivity contribution is 0.233. The first-order valence-corrected chi connectivity index (χ1v) is 7.27. The summed E-state index contributed by atoms with van der Waals surface area (Å²) in [5, 5.41) is 3.48. The maximum Gasteiger partial charge on any atom is 0.133 e. The summed E-state index contributed by atoms with van der Waals surface area (Å²) in [5.74, 6) is 1.15. The van der Waals surface area contributed by atoms with Gasteiger partial charge in [0.2, 0.25) is 0 Å². The van der Waals surface area contributed by atoms with Crippen LogP contribution >= 0.6 is 0 Å². The van der Waals surface area contributed by atoms with Crippen LogP contribution in [0.4, 0.5) is 5.82 Å². The molecule has 106 valence electrons. The number of hydrogen-bond donors (Lipinski definition) is 1. The van der Waals surface area contributed by atoms with Crippen molar-refractivity contribution < 1.29 is 0 Å². The van der Waals surface area contributed by atoms with E-state index in [1.807, 2.05) is 12.3 Å². The van der Waals surface area contributed by atoms with E-state index in [9.17, 15) is 0 Å². The van der Waals surface area contributed by atoms with Crippen molar-refractivity contribution in [2.24, 2.45) is 0 Å². The summed E-state index contributed by atoms with van der Waals surface area (Å²) in [5.41, 5.74) is 1.31. The Morgan fingerprint density at radius 2 is 2.26 bits per heavy atom. The number of likely N-dealkylation sites (N-methyl/N-ethyl adjacent to an activating group) is 1. The molecule has 2 heterocycles. The average Bonchev–Trinajstić information content (AvgIpc) is 2.42. The van der Waals surface area contributed by atoms with Crippen molar-refractivity contribution in [2.75, 3.05) is 38.1 Å². The van der Waals surface area contributed by atoms with Gasteiger partial charge in [-0.3, -0.25) is 0 Å². The van der Waals surface area contributed by atoms with E-state index in [4.69, 9.17) is 0 Å². The Kier molecular flexibility index (Phi) is 4.77. The Balaban J connectivity index is 2.20. The monoisotopic (exact) mass is 262 g/mol. The van der Waals surface area contributed by atoms with Crippen LogP contribution in [-0.4, -0.2) is 49.2 Å². The van der Waals surface area contributed by atoms with E-state index in [-0.39, 0.29) is 0 Å². The highest BCUT2D eigenvalue weighted by molar-refractivity contribution is 5.49. The molecule has 1 aliphatic heterocycles. The normalized spacial score (nSPS) is 22.5. The maximum atomic E-state index is 4.63. The predicted molar refractivity (Wildman–Crippen MR) is 80.6 cm³/mol. The van der Waals surface area contributed by atoms with Gasteiger partial charge < -0.3 is 15.1 Å². The molecule has 0 amide bonds. The number of pyridine rings is 1. The summed E-state index contributed by atoms with van der Waals surface area (Å²) in [7, 11) is 2.20. The molecule has 4 heteroatoms. The van der Waals surface area contributed by atoms with E-state index in [1.165, 1.54) is 5.56 Å². The van der Waals surface area contributed by atoms with Gasteiger partial charge in [-0.05, 0) is 33.5 Å². The van der Waals surface area contributed by atoms with Crippen molar-refractivity contribution in [3.8, 4) is 0 Å². The van der Waals surface area contributed by atoms with E-state index in [0.29, 0.717) is 12.1 Å². The highest BCUT2D eigenvalue weighted by atomic mass is 15.3. The molecular weight excluding hydrogens is 236 g/mol. The summed E-state index contributed by atoms with van der Waals surface area (Å²) in [6.45, 7) is 10.8. The third kappa shape index (κ3) is 3.25. The predicted octanol–water partition coefficient (Wildman–Crippen LogP) is 1.89. The van der Waals surface area contributed by atoms with Crippen molar-refractivity contribution in [3.63, 3.8) is 0 Å². The molecule has 1 N–H and O–H groups in total. The lowest BCUT2D eigenvalue weighted by atomic mass is 10.1. The average molecular weight is 262 g/mol. The fraction of sp³-hybridized carbons (Fsp3) is 0.667. The van der Waals surface area contributed by atoms with Crippen molar-refractivity contribution in [1.29, 1.82) is 0 Å². The molecule has 0 radical (unpaired) electrons. The summed E-state index contributed by atoms with van der Waals surface area (Å²) >= 11 is 0. The molecule has 1 aliphatic rings. The van der Waals surface area contributed by atoms with Crippen LogP contribution < -0.4 is 10.2 Å². The van der Waals surface area contributed by atoms with E-state index in [1.54, 1.807) is 0 Å². The number of nitrogens with one attached hydrogen (secondary N) is 1. The second-order valence-corrected chi connectivity index (χ2v) is 5.47. The molecule has 19 heavy (non-hydrogen) atoms. The molecule has 2 unspecified atom stereocenters. The zero-order chi connectivity index (χ0) is 13.8. The van der Waals surface area contributed by atoms with Crippen LogP contribution in [0.25, 0.3) is 0 Å². The zero-order valence-electron chi connectivity index (χ0n) is 12.6. The van der Waals surface area contributed by atoms with E-state index in [0.717, 1.165) is 32.0 Å². The number of nitrogens with zero attached hydrogens (tertiary/aromatic N) is 3. The van der Waals surface area contributed by atoms with Crippen LogP contribution in [0, 0.1) is 0 Å². The minimum absolute atomic E-state index is 0.351. The van der Waals surface area contributed by atoms with Gasteiger partial charge in [0.1, 0.15) is 5.82 Å². The van der Waals surface area contributed by atoms with Crippen molar-refractivity contribution >= 4 is 5.82 Å². The molecule has 1 fully saturated rings. The zero-order valence-corrected chi connectivity index (χ0v) is 12.6. The van der Waals surface area contributed by atoms with Crippen LogP contribution in [-0.2, 0) is 0 Å². The Bertz CT molecular complexity index is 407. The van der Waals surface area contributed by atoms with Gasteiger partial charge in [0.25, 0.3) is 0 Å². The van der Waals surface area contributed by atoms with Gasteiger partial charge in [-0.2, -0.15) is 0 Å². The van der Waals surface area contributed by atoms with E-state index >= 15 is 0 Å². The van der Waals surface area contributed by atoms with Gasteiger partial charge in [-0.25, -0.2) is 4.98 Å². The van der Waals surface area contributed by atoms with Crippen LogP contribution in [0.15, 0.2) is 18.3 Å². The lowest BCUT2D eigenvalue weighted by Gasteiger charge is -2.39. The quantitative estimate of drug-likeness (QED) is 0.898. The Morgan fingerprint density at radius 1 is 1.47 bits per heavy atom. The number of aromatic nitrogens is 1. The first kappa shape index (κ1) is 14.3. The smallest absolute Gasteiger partial charge is 0.133 e. The first-order valence-electron chi connectivity index (χ1n) is 7.27. The standard InChI is InChI=1S/C15H26N4/c1-5-16-13(3)14-7-6-8-17-15(14)19-10-9-18(4)12(2)11-19/h6-8,12-13,16H,5,9-11H2,1-4H3. The SMILES string of the molecule is CCNC(C)c1cccnc1N1CCN(C)C(C)C1. The molecule has 0 bridgehead atoms. The van der Waals surface area contributed by atoms with Crippen LogP contribution in [0.2, 0.25) is 0 Å². The fourth-order valence-corrected chi connectivity index (χ4v) is 2.67. The molecule has 0 saturated carbocycles. The van der Waals surface area contributed by atoms with Crippen LogP contribution in [0.5, 0.6) is 0 Å². The highest BCUT2D eigenvalue weighted by Gasteiger charge is 2.24. The minimum atomic E-state index is 0.351. The summed E-state index contributed by atoms with van der Waals surface area (Å²) in [4.78, 5) is 9.47. The van der Waals surface area contributed by atoms with Gasteiger partial charge >= 0.3 is 0 Å². The largest absolute Gasteiger partial charge is 0.354 e. The van der Waals surface area contributed by atoms with Crippen molar-refractivity contribution in [2.45, 2.75) is 32.9 Å². The van der Waals surface area contributed by atoms with E-state index < -0.39 is 0 Å². The third-order valence-corrected chi connectivity index (χ3v) is 4.05. The van der Waals surface area contributed by atoms with Crippen LogP contribution in [0.1, 0.15) is 32.4 Å². The minimum Gasteiger partial charge on any atom is -0.354 e. The van der Waals surface area contributed by atoms with Crippen molar-refractivity contribution in [3.05, 3.63) is 23.9 Å². The summed E-state index contributed by atoms with van der Waals surface area (Å²) in [6.07, 6.45) is 1.90. The number of piperazine rings is 1. The molecule has 0 spiro atoms. The molecule has 1 saturated heterocycles. The van der Waals surface area contributed by atoms with Gasteiger partial charge in [0, 0.05) is 43.5 Å². The summed E-state index contributed by atoms with van der Waals surface area (Å²) < 4.78 is 0. The first-order chi connectivity index (χ1) is 9.13. The molecule has 1 aromatic rings. The summed E-state index contributed by atoms with van der Waals surface area (Å²) in [6, 6.07) is 5.16. The Morgan fingerprint density at radius 3 is 2.95 bits per heavy atom. The Labute approximate surface area is 116 Å². The molecular formula is C15H26N4. The Hall–Kier alpha value is -1.13. The molecule has 2 rings (SSSR count). The van der Waals surface area contributed by atoms with Gasteiger partial charge in [-0.15, -0.1) is 0 Å². The number of anilines is 1. The molecule has 4 nitrogen and oxygen atoms in total. The number of rotatable bonds is 4. The lowest BCUT2D eigenvalue weighted by Crippen LogP contribution is -2.50. The highest BCUT2D eigenvalue weighted by Crippen LogP contribution is 2.25. The van der Waals surface area contributed by atoms with Gasteiger partial charge in [0.15, 0.2) is 0 Å². The molecule has 2 atom stereocenters. The van der Waals surface area contributed by atoms with Gasteiger partial charge in [0.05, 0.1) is 0 Å². The number of hydrogen-bond acceptors (Lipinski definition) is 4. The molecule has 0 aliphatic carbocycles. The second kappa shape index (κ2) is 6.35. The molecule has 0 aromatic carbocycles. The molecule has 1 aromatic heterocycles. The second-order valence-electron chi connectivity index (χ2n) is 5.47. The van der Waals surface area contributed by atoms with Crippen molar-refractivity contribution in [1.82, 2.24) is 15.2 Å². The third-order valence-electron chi connectivity index (χ3n) is 4.05. The van der Waals surface area contributed by atoms with Crippen LogP contribution in [0.3, 0.4) is 0 Å².